The van der Waals surface area contributed by atoms with E-state index in [9.17, 15) is 36.7 Å². The number of methoxy groups -OCH3 is 1. The number of nitrogens with one attached hydrogen (secondary N) is 1. The second kappa shape index (κ2) is 11.2. The number of carbonyl (C=O) groups excluding carboxylic acids is 3. The Morgan fingerprint density at radius 2 is 1.68 bits per heavy atom. The molecule has 1 fully saturated rings. The van der Waals surface area contributed by atoms with Gasteiger partial charge in [-0.25, -0.2) is 9.29 Å². The number of rotatable bonds is 6. The highest BCUT2D eigenvalue weighted by atomic mass is 32.2. The third-order valence-corrected chi connectivity index (χ3v) is 9.99. The average molecular weight is 644 g/mol. The van der Waals surface area contributed by atoms with Crippen LogP contribution in [0.3, 0.4) is 0 Å². The monoisotopic (exact) mass is 643 g/mol. The van der Waals surface area contributed by atoms with E-state index in [4.69, 9.17) is 4.74 Å². The lowest BCUT2D eigenvalue weighted by molar-refractivity contribution is -0.137. The Hall–Kier alpha value is -4.43. The van der Waals surface area contributed by atoms with Crippen LogP contribution < -0.4 is 19.8 Å². The average Bonchev–Trinajstić information content (AvgIpc) is 3.44. The molecule has 3 aromatic carbocycles. The van der Waals surface area contributed by atoms with Crippen molar-refractivity contribution in [2.75, 3.05) is 17.3 Å². The van der Waals surface area contributed by atoms with Gasteiger partial charge in [-0.05, 0) is 60.2 Å². The van der Waals surface area contributed by atoms with Crippen LogP contribution in [0.2, 0.25) is 0 Å². The van der Waals surface area contributed by atoms with Gasteiger partial charge in [0.05, 0.1) is 29.3 Å². The van der Waals surface area contributed by atoms with Gasteiger partial charge in [0.2, 0.25) is 17.7 Å². The van der Waals surface area contributed by atoms with Crippen LogP contribution in [-0.2, 0) is 27.1 Å². The van der Waals surface area contributed by atoms with Crippen molar-refractivity contribution in [2.24, 2.45) is 5.92 Å². The molecule has 0 radical (unpaired) electrons. The van der Waals surface area contributed by atoms with Crippen molar-refractivity contribution in [3.63, 3.8) is 0 Å². The van der Waals surface area contributed by atoms with Crippen LogP contribution in [0, 0.1) is 11.7 Å². The summed E-state index contributed by atoms with van der Waals surface area (Å²) in [5.74, 6) is -3.82. The largest absolute Gasteiger partial charge is 0.497 e. The Morgan fingerprint density at radius 3 is 2.34 bits per heavy atom. The molecular weight excluding hydrogens is 622 g/mol. The second-order valence-corrected chi connectivity index (χ2v) is 12.2. The van der Waals surface area contributed by atoms with E-state index < -0.39 is 63.8 Å². The van der Waals surface area contributed by atoms with Crippen molar-refractivity contribution in [1.82, 2.24) is 4.57 Å². The first-order valence-electron chi connectivity index (χ1n) is 13.1. The quantitative estimate of drug-likeness (QED) is 0.220. The summed E-state index contributed by atoms with van der Waals surface area (Å²) in [5, 5.41) is 1.82. The standard InChI is InChI=1S/C30H21F4N3O5S2/c1-42-20-11-5-15(6-12-20)22-23-24(27(40)37(26(23)39)19-4-2-3-16(13-19)30(32,33)34)43-28-25(22)44-29(41)36(28)14-21(38)35-18-9-7-17(31)8-10-18/h2-13,22-24H,14H2,1H3,(H,35,38)/t22-,23?,24?/m0/s1. The number of aromatic nitrogens is 1. The minimum atomic E-state index is -4.69. The highest BCUT2D eigenvalue weighted by Gasteiger charge is 2.57. The number of fused-ring (bicyclic) bond motifs is 2. The molecule has 14 heteroatoms. The van der Waals surface area contributed by atoms with Crippen LogP contribution in [0.15, 0.2) is 82.6 Å². The number of alkyl halides is 3. The molecular formula is C30H21F4N3O5S2. The van der Waals surface area contributed by atoms with Gasteiger partial charge in [-0.3, -0.25) is 23.7 Å². The van der Waals surface area contributed by atoms with Crippen molar-refractivity contribution in [1.29, 1.82) is 0 Å². The van der Waals surface area contributed by atoms with Crippen LogP contribution in [0.1, 0.15) is 21.9 Å². The van der Waals surface area contributed by atoms with Gasteiger partial charge in [0.1, 0.15) is 23.4 Å². The van der Waals surface area contributed by atoms with Crippen LogP contribution in [0.25, 0.3) is 0 Å². The van der Waals surface area contributed by atoms with E-state index in [1.54, 1.807) is 24.3 Å². The SMILES string of the molecule is COc1ccc([C@@H]2c3sc(=O)n(CC(=O)Nc4ccc(F)cc4)c3SC3C(=O)N(c4cccc(C(F)(F)F)c4)C(=O)C32)cc1. The lowest BCUT2D eigenvalue weighted by atomic mass is 9.83. The van der Waals surface area contributed by atoms with Gasteiger partial charge < -0.3 is 10.1 Å². The molecule has 4 aromatic rings. The molecule has 0 saturated carbocycles. The molecule has 2 unspecified atom stereocenters. The maximum absolute atomic E-state index is 13.9. The zero-order valence-corrected chi connectivity index (χ0v) is 24.3. The summed E-state index contributed by atoms with van der Waals surface area (Å²) in [4.78, 5) is 54.6. The fraction of sp³-hybridized carbons (Fsp3) is 0.200. The zero-order valence-electron chi connectivity index (χ0n) is 22.6. The molecule has 1 aromatic heterocycles. The number of amides is 3. The molecule has 0 spiro atoms. The molecule has 1 saturated heterocycles. The zero-order chi connectivity index (χ0) is 31.3. The molecule has 2 aliphatic heterocycles. The summed E-state index contributed by atoms with van der Waals surface area (Å²) in [5.41, 5.74) is -0.327. The van der Waals surface area contributed by atoms with Crippen LogP contribution in [0.5, 0.6) is 5.75 Å². The number of hydrogen-bond donors (Lipinski definition) is 1. The molecule has 0 bridgehead atoms. The smallest absolute Gasteiger partial charge is 0.416 e. The van der Waals surface area contributed by atoms with Gasteiger partial charge in [0.15, 0.2) is 0 Å². The van der Waals surface area contributed by atoms with Crippen LogP contribution in [0.4, 0.5) is 28.9 Å². The van der Waals surface area contributed by atoms with E-state index in [-0.39, 0.29) is 5.69 Å². The van der Waals surface area contributed by atoms with Crippen molar-refractivity contribution >= 4 is 52.2 Å². The summed E-state index contributed by atoms with van der Waals surface area (Å²) in [7, 11) is 1.48. The molecule has 226 valence electrons. The number of ether oxygens (including phenoxy) is 1. The fourth-order valence-electron chi connectivity index (χ4n) is 5.38. The topological polar surface area (TPSA) is 97.7 Å². The Morgan fingerprint density at radius 1 is 0.977 bits per heavy atom. The van der Waals surface area contributed by atoms with E-state index in [1.807, 2.05) is 0 Å². The third kappa shape index (κ3) is 5.28. The molecule has 8 nitrogen and oxygen atoms in total. The van der Waals surface area contributed by atoms with Gasteiger partial charge in [-0.15, -0.1) is 0 Å². The van der Waals surface area contributed by atoms with E-state index in [1.165, 1.54) is 42.0 Å². The predicted octanol–water partition coefficient (Wildman–Crippen LogP) is 5.51. The third-order valence-electron chi connectivity index (χ3n) is 7.39. The molecule has 6 rings (SSSR count). The van der Waals surface area contributed by atoms with Crippen molar-refractivity contribution in [3.8, 4) is 5.75 Å². The maximum atomic E-state index is 13.9. The number of anilines is 2. The molecule has 1 N–H and O–H groups in total. The molecule has 0 aliphatic carbocycles. The number of nitrogens with zero attached hydrogens (tertiary/aromatic N) is 2. The Labute approximate surface area is 255 Å². The highest BCUT2D eigenvalue weighted by Crippen LogP contribution is 2.54. The van der Waals surface area contributed by atoms with Crippen molar-refractivity contribution < 1.29 is 36.7 Å². The number of benzene rings is 3. The number of thioether (sulfide) groups is 1. The molecule has 3 amide bonds. The van der Waals surface area contributed by atoms with Crippen LogP contribution in [-0.4, -0.2) is 34.6 Å². The Bertz CT molecular complexity index is 1840. The molecule has 3 atom stereocenters. The molecule has 3 heterocycles. The van der Waals surface area contributed by atoms with Gasteiger partial charge in [0, 0.05) is 16.5 Å². The number of imide groups is 1. The number of thiazole rings is 1. The van der Waals surface area contributed by atoms with Gasteiger partial charge in [-0.2, -0.15) is 13.2 Å². The highest BCUT2D eigenvalue weighted by molar-refractivity contribution is 8.00. The molecule has 44 heavy (non-hydrogen) atoms. The fourth-order valence-corrected chi connectivity index (χ4v) is 8.15. The Kier molecular flexibility index (Phi) is 7.58. The number of halogens is 4. The summed E-state index contributed by atoms with van der Waals surface area (Å²) >= 11 is 1.77. The lowest BCUT2D eigenvalue weighted by Crippen LogP contribution is -2.33. The summed E-state index contributed by atoms with van der Waals surface area (Å²) in [6, 6.07) is 15.8. The van der Waals surface area contributed by atoms with Crippen molar-refractivity contribution in [2.45, 2.75) is 28.9 Å². The van der Waals surface area contributed by atoms with E-state index >= 15 is 0 Å². The minimum absolute atomic E-state index is 0.210. The van der Waals surface area contributed by atoms with E-state index in [0.717, 1.165) is 46.2 Å². The van der Waals surface area contributed by atoms with Crippen LogP contribution >= 0.6 is 23.1 Å². The number of carbonyl (C=O) groups is 3. The summed E-state index contributed by atoms with van der Waals surface area (Å²) < 4.78 is 60.2. The first-order valence-corrected chi connectivity index (χ1v) is 14.8. The predicted molar refractivity (Wildman–Crippen MR) is 156 cm³/mol. The molecule has 2 aliphatic rings. The van der Waals surface area contributed by atoms with Gasteiger partial charge in [-0.1, -0.05) is 41.3 Å². The maximum Gasteiger partial charge on any atom is 0.416 e. The van der Waals surface area contributed by atoms with Gasteiger partial charge in [0.25, 0.3) is 0 Å². The summed E-state index contributed by atoms with van der Waals surface area (Å²) in [6.07, 6.45) is -4.69. The summed E-state index contributed by atoms with van der Waals surface area (Å²) in [6.45, 7) is -0.429. The minimum Gasteiger partial charge on any atom is -0.497 e. The van der Waals surface area contributed by atoms with E-state index in [0.29, 0.717) is 26.9 Å². The van der Waals surface area contributed by atoms with E-state index in [2.05, 4.69) is 5.32 Å². The first kappa shape index (κ1) is 29.6. The number of hydrogen-bond acceptors (Lipinski definition) is 7. The second-order valence-electron chi connectivity index (χ2n) is 10.1. The lowest BCUT2D eigenvalue weighted by Gasteiger charge is -2.30. The Balaban J connectivity index is 1.41. The van der Waals surface area contributed by atoms with Gasteiger partial charge >= 0.3 is 11.0 Å². The normalized spacial score (nSPS) is 19.5. The first-order chi connectivity index (χ1) is 21.0. The van der Waals surface area contributed by atoms with Crippen molar-refractivity contribution in [3.05, 3.63) is 104 Å².